The van der Waals surface area contributed by atoms with Gasteiger partial charge in [0, 0.05) is 18.7 Å². The van der Waals surface area contributed by atoms with Gasteiger partial charge in [0.05, 0.1) is 31.7 Å². The summed E-state index contributed by atoms with van der Waals surface area (Å²) in [6.07, 6.45) is 1.26. The molecule has 1 amide bonds. The van der Waals surface area contributed by atoms with Crippen molar-refractivity contribution in [3.63, 3.8) is 0 Å². The average molecular weight is 493 g/mol. The third-order valence-corrected chi connectivity index (χ3v) is 8.60. The fourth-order valence-corrected chi connectivity index (χ4v) is 6.61. The lowest BCUT2D eigenvalue weighted by Gasteiger charge is -2.38. The molecular weight excluding hydrogens is 464 g/mol. The highest BCUT2D eigenvalue weighted by atomic mass is 32.2. The van der Waals surface area contributed by atoms with Crippen molar-refractivity contribution in [2.75, 3.05) is 37.4 Å². The summed E-state index contributed by atoms with van der Waals surface area (Å²) in [5.41, 5.74) is 4.10. The van der Waals surface area contributed by atoms with Crippen LogP contribution < -0.4 is 13.8 Å². The Morgan fingerprint density at radius 3 is 2.34 bits per heavy atom. The van der Waals surface area contributed by atoms with E-state index in [4.69, 9.17) is 9.47 Å². The van der Waals surface area contributed by atoms with E-state index in [0.29, 0.717) is 48.7 Å². The molecule has 3 aromatic rings. The molecule has 7 nitrogen and oxygen atoms in total. The number of anilines is 1. The summed E-state index contributed by atoms with van der Waals surface area (Å²) < 4.78 is 37.4. The van der Waals surface area contributed by atoms with Crippen LogP contribution in [0.4, 0.5) is 5.69 Å². The Bertz CT molecular complexity index is 1360. The van der Waals surface area contributed by atoms with E-state index in [1.807, 2.05) is 47.4 Å². The molecule has 3 aromatic carbocycles. The van der Waals surface area contributed by atoms with E-state index in [1.165, 1.54) is 4.31 Å². The lowest BCUT2D eigenvalue weighted by Crippen LogP contribution is -2.40. The van der Waals surface area contributed by atoms with Crippen LogP contribution in [0.1, 0.15) is 39.5 Å². The molecule has 0 N–H and O–H groups in total. The summed E-state index contributed by atoms with van der Waals surface area (Å²) in [7, 11) is -0.114. The van der Waals surface area contributed by atoms with Gasteiger partial charge in [0.15, 0.2) is 11.5 Å². The van der Waals surface area contributed by atoms with Crippen molar-refractivity contribution in [2.45, 2.75) is 18.9 Å². The summed E-state index contributed by atoms with van der Waals surface area (Å²) >= 11 is 0. The number of methoxy groups -OCH3 is 2. The number of fused-ring (bicyclic) bond motifs is 1. The van der Waals surface area contributed by atoms with Crippen LogP contribution in [-0.4, -0.2) is 52.3 Å². The molecule has 2 aliphatic rings. The molecule has 1 unspecified atom stereocenters. The number of carbonyl (C=O) groups excluding carboxylic acids is 1. The Balaban J connectivity index is 1.57. The molecule has 0 bridgehead atoms. The molecule has 5 rings (SSSR count). The quantitative estimate of drug-likeness (QED) is 0.538. The van der Waals surface area contributed by atoms with Crippen LogP contribution in [0.2, 0.25) is 0 Å². The molecule has 0 spiro atoms. The lowest BCUT2D eigenvalue weighted by atomic mass is 9.87. The zero-order valence-electron chi connectivity index (χ0n) is 19.8. The Labute approximate surface area is 205 Å². The first-order valence-electron chi connectivity index (χ1n) is 11.6. The summed E-state index contributed by atoms with van der Waals surface area (Å²) in [5, 5.41) is 0. The zero-order valence-corrected chi connectivity index (χ0v) is 20.6. The van der Waals surface area contributed by atoms with Crippen molar-refractivity contribution in [3.8, 4) is 11.5 Å². The van der Waals surface area contributed by atoms with Crippen LogP contribution in [0.15, 0.2) is 66.7 Å². The van der Waals surface area contributed by atoms with Crippen LogP contribution in [0.5, 0.6) is 11.5 Å². The number of sulfonamides is 1. The van der Waals surface area contributed by atoms with Crippen LogP contribution in [-0.2, 0) is 16.4 Å². The highest BCUT2D eigenvalue weighted by molar-refractivity contribution is 7.93. The number of amides is 1. The van der Waals surface area contributed by atoms with E-state index in [9.17, 15) is 13.2 Å². The van der Waals surface area contributed by atoms with E-state index >= 15 is 0 Å². The summed E-state index contributed by atoms with van der Waals surface area (Å²) in [5.74, 6) is 1.27. The van der Waals surface area contributed by atoms with Gasteiger partial charge in [-0.1, -0.05) is 36.4 Å². The van der Waals surface area contributed by atoms with Gasteiger partial charge in [-0.15, -0.1) is 0 Å². The smallest absolute Gasteiger partial charge is 0.254 e. The van der Waals surface area contributed by atoms with Crippen molar-refractivity contribution in [2.24, 2.45) is 0 Å². The second kappa shape index (κ2) is 9.26. The topological polar surface area (TPSA) is 76.2 Å². The van der Waals surface area contributed by atoms with Gasteiger partial charge in [-0.05, 0) is 59.9 Å². The van der Waals surface area contributed by atoms with Crippen LogP contribution in [0.25, 0.3) is 0 Å². The Hall–Kier alpha value is -3.52. The van der Waals surface area contributed by atoms with Gasteiger partial charge in [0.25, 0.3) is 5.91 Å². The van der Waals surface area contributed by atoms with E-state index in [1.54, 1.807) is 38.5 Å². The molecule has 0 aromatic heterocycles. The minimum atomic E-state index is -3.33. The van der Waals surface area contributed by atoms with Crippen molar-refractivity contribution < 1.29 is 22.7 Å². The Morgan fingerprint density at radius 2 is 1.66 bits per heavy atom. The van der Waals surface area contributed by atoms with Gasteiger partial charge in [-0.25, -0.2) is 8.42 Å². The van der Waals surface area contributed by atoms with E-state index in [-0.39, 0.29) is 17.7 Å². The summed E-state index contributed by atoms with van der Waals surface area (Å²) in [4.78, 5) is 15.8. The highest BCUT2D eigenvalue weighted by Gasteiger charge is 2.34. The summed E-state index contributed by atoms with van der Waals surface area (Å²) in [6, 6.07) is 20.5. The molecule has 1 fully saturated rings. The first kappa shape index (κ1) is 23.2. The molecule has 1 atom stereocenters. The SMILES string of the molecule is COc1cc2c(cc1OC)C(c1ccccc1)N(C(=O)c1cccc(N3CCCS3(=O)=O)c1)CC2. The van der Waals surface area contributed by atoms with Crippen molar-refractivity contribution in [3.05, 3.63) is 89.0 Å². The van der Waals surface area contributed by atoms with Crippen LogP contribution in [0, 0.1) is 0 Å². The monoisotopic (exact) mass is 492 g/mol. The Kier molecular flexibility index (Phi) is 6.15. The minimum absolute atomic E-state index is 0.134. The van der Waals surface area contributed by atoms with Crippen molar-refractivity contribution >= 4 is 21.6 Å². The number of ether oxygens (including phenoxy) is 2. The predicted molar refractivity (Wildman–Crippen MR) is 135 cm³/mol. The second-order valence-electron chi connectivity index (χ2n) is 8.76. The molecule has 1 saturated heterocycles. The van der Waals surface area contributed by atoms with Gasteiger partial charge in [0.2, 0.25) is 10.0 Å². The number of carbonyl (C=O) groups is 1. The molecule has 0 aliphatic carbocycles. The van der Waals surface area contributed by atoms with Gasteiger partial charge < -0.3 is 14.4 Å². The molecular formula is C27H28N2O5S. The predicted octanol–water partition coefficient (Wildman–Crippen LogP) is 4.03. The average Bonchev–Trinajstić information content (AvgIpc) is 3.26. The zero-order chi connectivity index (χ0) is 24.6. The molecule has 182 valence electrons. The number of hydrogen-bond acceptors (Lipinski definition) is 5. The first-order chi connectivity index (χ1) is 16.9. The molecule has 0 radical (unpaired) electrons. The molecule has 2 heterocycles. The normalized spacial score (nSPS) is 18.7. The highest BCUT2D eigenvalue weighted by Crippen LogP contribution is 2.41. The van der Waals surface area contributed by atoms with Gasteiger partial charge in [0.1, 0.15) is 0 Å². The van der Waals surface area contributed by atoms with Crippen molar-refractivity contribution in [1.29, 1.82) is 0 Å². The molecule has 35 heavy (non-hydrogen) atoms. The van der Waals surface area contributed by atoms with E-state index < -0.39 is 10.0 Å². The summed E-state index contributed by atoms with van der Waals surface area (Å²) in [6.45, 7) is 0.957. The standard InChI is InChI=1S/C27H28N2O5S/c1-33-24-17-20-12-14-28(26(19-8-4-3-5-9-19)23(20)18-25(24)34-2)27(30)21-10-6-11-22(16-21)29-13-7-15-35(29,31)32/h3-6,8-11,16-18,26H,7,12-15H2,1-2H3. The fraction of sp³-hybridized carbons (Fsp3) is 0.296. The maximum absolute atomic E-state index is 13.9. The Morgan fingerprint density at radius 1 is 0.914 bits per heavy atom. The van der Waals surface area contributed by atoms with Gasteiger partial charge in [-0.2, -0.15) is 0 Å². The third-order valence-electron chi connectivity index (χ3n) is 6.73. The number of benzene rings is 3. The minimum Gasteiger partial charge on any atom is -0.493 e. The maximum atomic E-state index is 13.9. The fourth-order valence-electron chi connectivity index (χ4n) is 5.05. The third kappa shape index (κ3) is 4.23. The number of nitrogens with zero attached hydrogens (tertiary/aromatic N) is 2. The largest absolute Gasteiger partial charge is 0.493 e. The van der Waals surface area contributed by atoms with Crippen molar-refractivity contribution in [1.82, 2.24) is 4.90 Å². The number of rotatable bonds is 5. The molecule has 2 aliphatic heterocycles. The number of hydrogen-bond donors (Lipinski definition) is 0. The van der Waals surface area contributed by atoms with E-state index in [2.05, 4.69) is 0 Å². The lowest BCUT2D eigenvalue weighted by molar-refractivity contribution is 0.0694. The second-order valence-corrected chi connectivity index (χ2v) is 10.8. The maximum Gasteiger partial charge on any atom is 0.254 e. The van der Waals surface area contributed by atoms with E-state index in [0.717, 1.165) is 16.7 Å². The van der Waals surface area contributed by atoms with Crippen LogP contribution >= 0.6 is 0 Å². The van der Waals surface area contributed by atoms with Gasteiger partial charge in [-0.3, -0.25) is 9.10 Å². The molecule has 8 heteroatoms. The van der Waals surface area contributed by atoms with Crippen LogP contribution in [0.3, 0.4) is 0 Å². The molecule has 0 saturated carbocycles. The first-order valence-corrected chi connectivity index (χ1v) is 13.2. The van der Waals surface area contributed by atoms with Gasteiger partial charge >= 0.3 is 0 Å².